The van der Waals surface area contributed by atoms with Crippen LogP contribution in [0.15, 0.2) is 30.5 Å². The van der Waals surface area contributed by atoms with Crippen molar-refractivity contribution in [1.82, 2.24) is 9.78 Å². The average Bonchev–Trinajstić information content (AvgIpc) is 3.16. The molecular weight excluding hydrogens is 437 g/mol. The van der Waals surface area contributed by atoms with Gasteiger partial charge in [-0.1, -0.05) is 24.3 Å². The Morgan fingerprint density at radius 3 is 2.25 bits per heavy atom. The van der Waals surface area contributed by atoms with Crippen LogP contribution in [0.3, 0.4) is 0 Å². The summed E-state index contributed by atoms with van der Waals surface area (Å²) in [4.78, 5) is 0. The molecule has 12 heteroatoms. The van der Waals surface area contributed by atoms with Crippen molar-refractivity contribution in [2.75, 3.05) is 13.2 Å². The Hall–Kier alpha value is -2.22. The zero-order valence-electron chi connectivity index (χ0n) is 16.9. The molecule has 9 nitrogen and oxygen atoms in total. The molecule has 2 aromatic rings. The number of rotatable bonds is 8. The largest absolute Gasteiger partial charge is 0.504 e. The number of aliphatic hydroxyl groups is 5. The first kappa shape index (κ1) is 24.4. The number of halogens is 3. The summed E-state index contributed by atoms with van der Waals surface area (Å²) in [7, 11) is 0. The van der Waals surface area contributed by atoms with Gasteiger partial charge in [-0.3, -0.25) is 0 Å². The van der Waals surface area contributed by atoms with Gasteiger partial charge in [0.15, 0.2) is 0 Å². The second-order valence-corrected chi connectivity index (χ2v) is 7.51. The van der Waals surface area contributed by atoms with Crippen LogP contribution in [0.4, 0.5) is 13.2 Å². The van der Waals surface area contributed by atoms with Gasteiger partial charge in [0.05, 0.1) is 6.61 Å². The first-order valence-corrected chi connectivity index (χ1v) is 9.95. The predicted octanol–water partition coefficient (Wildman–Crippen LogP) is 0.0538. The molecule has 0 radical (unpaired) electrons. The van der Waals surface area contributed by atoms with E-state index in [0.29, 0.717) is 18.4 Å². The number of hydrogen-bond donors (Lipinski definition) is 5. The molecule has 0 spiro atoms. The van der Waals surface area contributed by atoms with E-state index in [1.807, 2.05) is 0 Å². The molecular formula is C20H25F3N2O7. The van der Waals surface area contributed by atoms with E-state index in [4.69, 9.17) is 14.6 Å². The van der Waals surface area contributed by atoms with Crippen LogP contribution < -0.4 is 4.74 Å². The standard InChI is InChI=1S/C20H25F3N2O7/c21-20(22,23)25-9-13(8-12-5-3-11(4-6-12)2-1-7-26)18(24-25)32-19-17(30)16(29)15(28)14(10-27)31-19/h3-6,9,14-17,19,26-30H,1-2,7-8,10H2/t14-,15-,16+,17-,19+/m1/s1. The van der Waals surface area contributed by atoms with Crippen LogP contribution in [0.25, 0.3) is 0 Å². The van der Waals surface area contributed by atoms with Crippen LogP contribution in [-0.2, 0) is 23.9 Å². The van der Waals surface area contributed by atoms with E-state index >= 15 is 0 Å². The Balaban J connectivity index is 1.83. The molecule has 2 heterocycles. The summed E-state index contributed by atoms with van der Waals surface area (Å²) < 4.78 is 50.0. The molecule has 5 atom stereocenters. The fraction of sp³-hybridized carbons (Fsp3) is 0.550. The molecule has 5 N–H and O–H groups in total. The Bertz CT molecular complexity index is 873. The molecule has 1 aliphatic rings. The molecule has 3 rings (SSSR count). The van der Waals surface area contributed by atoms with Gasteiger partial charge in [-0.05, 0) is 24.0 Å². The SMILES string of the molecule is OCCCc1ccc(Cc2cn(C(F)(F)F)nc2O[C@@H]2O[C@H](CO)[C@@H](O)[C@H](O)[C@H]2O)cc1. The number of nitrogens with zero attached hydrogens (tertiary/aromatic N) is 2. The smallest absolute Gasteiger partial charge is 0.443 e. The zero-order valence-corrected chi connectivity index (χ0v) is 16.9. The minimum Gasteiger partial charge on any atom is -0.443 e. The van der Waals surface area contributed by atoms with Crippen LogP contribution in [-0.4, -0.2) is 79.2 Å². The van der Waals surface area contributed by atoms with Crippen molar-refractivity contribution in [3.8, 4) is 5.88 Å². The van der Waals surface area contributed by atoms with Crippen molar-refractivity contribution in [3.05, 3.63) is 47.2 Å². The maximum Gasteiger partial charge on any atom is 0.504 e. The quantitative estimate of drug-likeness (QED) is 0.371. The zero-order chi connectivity index (χ0) is 23.5. The van der Waals surface area contributed by atoms with Gasteiger partial charge in [0.25, 0.3) is 0 Å². The van der Waals surface area contributed by atoms with Gasteiger partial charge in [-0.15, -0.1) is 18.3 Å². The first-order chi connectivity index (χ1) is 15.1. The van der Waals surface area contributed by atoms with Gasteiger partial charge in [-0.25, -0.2) is 0 Å². The maximum atomic E-state index is 13.2. The molecule has 0 amide bonds. The van der Waals surface area contributed by atoms with Gasteiger partial charge in [0, 0.05) is 24.8 Å². The van der Waals surface area contributed by atoms with Crippen LogP contribution in [0.1, 0.15) is 23.1 Å². The van der Waals surface area contributed by atoms with Gasteiger partial charge in [-0.2, -0.15) is 4.68 Å². The Kier molecular flexibility index (Phi) is 7.75. The molecule has 178 valence electrons. The lowest BCUT2D eigenvalue weighted by Crippen LogP contribution is -2.60. The minimum atomic E-state index is -4.82. The fourth-order valence-corrected chi connectivity index (χ4v) is 3.35. The van der Waals surface area contributed by atoms with Crippen LogP contribution >= 0.6 is 0 Å². The average molecular weight is 462 g/mol. The van der Waals surface area contributed by atoms with E-state index in [0.717, 1.165) is 11.8 Å². The van der Waals surface area contributed by atoms with Crippen LogP contribution in [0.5, 0.6) is 5.88 Å². The van der Waals surface area contributed by atoms with Crippen molar-refractivity contribution >= 4 is 0 Å². The monoisotopic (exact) mass is 462 g/mol. The lowest BCUT2D eigenvalue weighted by atomic mass is 9.99. The van der Waals surface area contributed by atoms with Gasteiger partial charge < -0.3 is 35.0 Å². The highest BCUT2D eigenvalue weighted by Crippen LogP contribution is 2.30. The molecule has 0 bridgehead atoms. The molecule has 0 aliphatic carbocycles. The van der Waals surface area contributed by atoms with Crippen LogP contribution in [0, 0.1) is 0 Å². The van der Waals surface area contributed by atoms with E-state index in [9.17, 15) is 33.6 Å². The number of aryl methyl sites for hydroxylation is 1. The second kappa shape index (κ2) is 10.1. The summed E-state index contributed by atoms with van der Waals surface area (Å²) in [6.45, 7) is -0.658. The summed E-state index contributed by atoms with van der Waals surface area (Å²) in [5.41, 5.74) is 1.67. The first-order valence-electron chi connectivity index (χ1n) is 9.95. The number of hydrogen-bond acceptors (Lipinski definition) is 8. The predicted molar refractivity (Wildman–Crippen MR) is 103 cm³/mol. The normalized spacial score (nSPS) is 26.3. The van der Waals surface area contributed by atoms with Gasteiger partial charge >= 0.3 is 6.30 Å². The van der Waals surface area contributed by atoms with Crippen molar-refractivity contribution in [2.24, 2.45) is 0 Å². The maximum absolute atomic E-state index is 13.2. The highest BCUT2D eigenvalue weighted by molar-refractivity contribution is 5.33. The minimum absolute atomic E-state index is 0.0170. The topological polar surface area (TPSA) is 137 Å². The lowest BCUT2D eigenvalue weighted by Gasteiger charge is -2.39. The molecule has 1 saturated heterocycles. The number of aromatic nitrogens is 2. The van der Waals surface area contributed by atoms with E-state index in [1.165, 1.54) is 0 Å². The third-order valence-electron chi connectivity index (χ3n) is 5.13. The summed E-state index contributed by atoms with van der Waals surface area (Å²) in [5.74, 6) is -0.476. The summed E-state index contributed by atoms with van der Waals surface area (Å²) >= 11 is 0. The molecule has 32 heavy (non-hydrogen) atoms. The fourth-order valence-electron chi connectivity index (χ4n) is 3.35. The summed E-state index contributed by atoms with van der Waals surface area (Å²) in [6, 6.07) is 7.07. The summed E-state index contributed by atoms with van der Waals surface area (Å²) in [5, 5.41) is 51.4. The molecule has 0 unspecified atom stereocenters. The van der Waals surface area contributed by atoms with E-state index in [1.54, 1.807) is 24.3 Å². The molecule has 1 aromatic carbocycles. The van der Waals surface area contributed by atoms with E-state index < -0.39 is 49.5 Å². The van der Waals surface area contributed by atoms with Gasteiger partial charge in [0.2, 0.25) is 12.2 Å². The molecule has 1 aliphatic heterocycles. The van der Waals surface area contributed by atoms with Crippen molar-refractivity contribution in [3.63, 3.8) is 0 Å². The Morgan fingerprint density at radius 2 is 1.66 bits per heavy atom. The Morgan fingerprint density at radius 1 is 1.00 bits per heavy atom. The third kappa shape index (κ3) is 5.57. The van der Waals surface area contributed by atoms with Crippen molar-refractivity contribution < 1.29 is 48.2 Å². The second-order valence-electron chi connectivity index (χ2n) is 7.51. The molecule has 1 aromatic heterocycles. The highest BCUT2D eigenvalue weighted by Gasteiger charge is 2.45. The Labute approximate surface area is 181 Å². The number of aliphatic hydroxyl groups excluding tert-OH is 5. The van der Waals surface area contributed by atoms with Gasteiger partial charge in [0.1, 0.15) is 24.4 Å². The number of benzene rings is 1. The highest BCUT2D eigenvalue weighted by atomic mass is 19.4. The third-order valence-corrected chi connectivity index (χ3v) is 5.13. The van der Waals surface area contributed by atoms with Crippen LogP contribution in [0.2, 0.25) is 0 Å². The summed E-state index contributed by atoms with van der Waals surface area (Å²) in [6.07, 6.45) is -10.9. The number of ether oxygens (including phenoxy) is 2. The number of alkyl halides is 3. The van der Waals surface area contributed by atoms with E-state index in [2.05, 4.69) is 5.10 Å². The molecule has 0 saturated carbocycles. The molecule has 1 fully saturated rings. The van der Waals surface area contributed by atoms with E-state index in [-0.39, 0.29) is 23.3 Å². The van der Waals surface area contributed by atoms with Crippen molar-refractivity contribution in [1.29, 1.82) is 0 Å². The lowest BCUT2D eigenvalue weighted by molar-refractivity contribution is -0.278. The van der Waals surface area contributed by atoms with Crippen molar-refractivity contribution in [2.45, 2.75) is 56.3 Å².